The molecule has 0 saturated heterocycles. The number of hydrogen-bond acceptors (Lipinski definition) is 2. The van der Waals surface area contributed by atoms with E-state index in [0.29, 0.717) is 31.8 Å². The summed E-state index contributed by atoms with van der Waals surface area (Å²) in [4.78, 5) is 12.9. The Morgan fingerprint density at radius 3 is 2.14 bits per heavy atom. The molecule has 0 aromatic rings. The van der Waals surface area contributed by atoms with Crippen molar-refractivity contribution in [1.82, 2.24) is 4.90 Å². The van der Waals surface area contributed by atoms with Crippen LogP contribution in [-0.4, -0.2) is 36.1 Å². The van der Waals surface area contributed by atoms with E-state index in [9.17, 15) is 24.2 Å². The van der Waals surface area contributed by atoms with Gasteiger partial charge < -0.3 is 10.0 Å². The average Bonchev–Trinajstić information content (AvgIpc) is 2.34. The molecule has 0 aromatic carbocycles. The van der Waals surface area contributed by atoms with Gasteiger partial charge in [-0.05, 0) is 19.3 Å². The summed E-state index contributed by atoms with van der Waals surface area (Å²) in [5.41, 5.74) is 0. The molecule has 0 aliphatic carbocycles. The molecule has 0 unspecified atom stereocenters. The molecule has 3 nitrogen and oxygen atoms in total. The second-order valence-corrected chi connectivity index (χ2v) is 7.58. The van der Waals surface area contributed by atoms with Crippen LogP contribution in [0.3, 0.4) is 0 Å². The normalized spacial score (nSPS) is 15.6. The van der Waals surface area contributed by atoms with Gasteiger partial charge in [-0.2, -0.15) is 0 Å². The zero-order valence-corrected chi connectivity index (χ0v) is 13.4. The summed E-state index contributed by atoms with van der Waals surface area (Å²) >= 11 is 0. The van der Waals surface area contributed by atoms with Crippen LogP contribution in [0.2, 0.25) is 0 Å². The van der Waals surface area contributed by atoms with E-state index < -0.39 is 15.6 Å². The minimum absolute atomic E-state index is 0.0379. The van der Waals surface area contributed by atoms with Crippen LogP contribution < -0.4 is 0 Å². The number of carbonyl (C=O) groups excluding carboxylic acids is 1. The lowest BCUT2D eigenvalue weighted by atomic mass is 10.1. The van der Waals surface area contributed by atoms with Crippen molar-refractivity contribution in [3.63, 3.8) is 0 Å². The number of likely N-dealkylation sites (N-methyl/N-ethyl adjacent to an activating group) is 1. The molecule has 1 N–H and O–H groups in total. The second kappa shape index (κ2) is 7.63. The van der Waals surface area contributed by atoms with E-state index in [-0.39, 0.29) is 25.5 Å². The van der Waals surface area contributed by atoms with Crippen LogP contribution in [0.5, 0.6) is 0 Å². The molecule has 134 valence electrons. The second-order valence-electron chi connectivity index (χ2n) is 5.25. The van der Waals surface area contributed by atoms with Crippen LogP contribution >= 0.6 is 10.2 Å². The molecule has 0 bridgehead atoms. The van der Waals surface area contributed by atoms with Gasteiger partial charge in [-0.15, -0.1) is 0 Å². The molecule has 0 aliphatic heterocycles. The maximum atomic E-state index is 11.9. The van der Waals surface area contributed by atoms with Crippen molar-refractivity contribution in [3.05, 3.63) is 11.5 Å². The molecule has 22 heavy (non-hydrogen) atoms. The van der Waals surface area contributed by atoms with Gasteiger partial charge in [0.2, 0.25) is 5.91 Å². The van der Waals surface area contributed by atoms with E-state index in [1.165, 1.54) is 4.90 Å². The Kier molecular flexibility index (Phi) is 7.34. The summed E-state index contributed by atoms with van der Waals surface area (Å²) in [7, 11) is -7.80. The third-order valence-corrected chi connectivity index (χ3v) is 3.68. The fourth-order valence-electron chi connectivity index (χ4n) is 1.78. The number of carbonyl (C=O) groups is 1. The highest BCUT2D eigenvalue weighted by molar-refractivity contribution is 8.48. The number of amides is 1. The number of unbranched alkanes of at least 4 members (excludes halogenated alkanes) is 5. The predicted molar refractivity (Wildman–Crippen MR) is 79.3 cm³/mol. The molecule has 0 spiro atoms. The van der Waals surface area contributed by atoms with Crippen LogP contribution in [-0.2, 0) is 4.79 Å². The minimum atomic E-state index is -9.40. The first-order chi connectivity index (χ1) is 9.84. The maximum Gasteiger partial charge on any atom is 0.304 e. The third-order valence-electron chi connectivity index (χ3n) is 2.98. The van der Waals surface area contributed by atoms with E-state index >= 15 is 0 Å². The molecule has 0 saturated carbocycles. The molecule has 0 atom stereocenters. The Hall–Kier alpha value is -0.830. The molecule has 0 aliphatic rings. The number of rotatable bonds is 11. The van der Waals surface area contributed by atoms with Gasteiger partial charge in [-0.3, -0.25) is 4.79 Å². The van der Waals surface area contributed by atoms with Crippen molar-refractivity contribution in [3.8, 4) is 0 Å². The molecule has 1 amide bonds. The molecule has 0 heterocycles. The molecule has 0 rings (SSSR count). The van der Waals surface area contributed by atoms with Gasteiger partial charge in [-0.1, -0.05) is 44.8 Å². The maximum absolute atomic E-state index is 11.9. The lowest BCUT2D eigenvalue weighted by Gasteiger charge is -2.36. The van der Waals surface area contributed by atoms with Crippen molar-refractivity contribution in [2.75, 3.05) is 20.2 Å². The van der Waals surface area contributed by atoms with Gasteiger partial charge in [0.1, 0.15) is 0 Å². The van der Waals surface area contributed by atoms with Crippen LogP contribution in [0.15, 0.2) is 11.5 Å². The number of nitrogens with zero attached hydrogens (tertiary/aromatic N) is 1. The van der Waals surface area contributed by atoms with Crippen molar-refractivity contribution >= 4 is 16.1 Å². The summed E-state index contributed by atoms with van der Waals surface area (Å²) in [6.45, 7) is 0.200. The summed E-state index contributed by atoms with van der Waals surface area (Å²) < 4.78 is 59.7. The van der Waals surface area contributed by atoms with Gasteiger partial charge in [0, 0.05) is 20.0 Å². The Bertz CT molecular complexity index is 382. The zero-order chi connectivity index (χ0) is 17.3. The van der Waals surface area contributed by atoms with E-state index in [1.807, 2.05) is 0 Å². The standard InChI is InChI=1S/C13H24F5NO2S/c1-19(10-11-20)13(21)9-7-5-3-2-4-6-8-12-22(14,15,16,17)18/h8,12,20H,2-7,9-11H2,1H3/b12-8+. The SMILES string of the molecule is CN(CCO)C(=O)CCCCCCC/C=C/S(F)(F)(F)(F)F. The monoisotopic (exact) mass is 353 g/mol. The number of halogens is 5. The number of aliphatic hydroxyl groups excluding tert-OH is 1. The van der Waals surface area contributed by atoms with E-state index in [2.05, 4.69) is 0 Å². The highest BCUT2D eigenvalue weighted by Crippen LogP contribution is 2.98. The van der Waals surface area contributed by atoms with Crippen molar-refractivity contribution < 1.29 is 29.3 Å². The topological polar surface area (TPSA) is 40.5 Å². The third kappa shape index (κ3) is 14.1. The highest BCUT2D eigenvalue weighted by Gasteiger charge is 2.60. The first kappa shape index (κ1) is 21.2. The van der Waals surface area contributed by atoms with Crippen molar-refractivity contribution in [1.29, 1.82) is 0 Å². The van der Waals surface area contributed by atoms with E-state index in [0.717, 1.165) is 12.8 Å². The summed E-state index contributed by atoms with van der Waals surface area (Å²) in [6, 6.07) is 0. The molecule has 0 fully saturated rings. The Morgan fingerprint density at radius 1 is 1.05 bits per heavy atom. The minimum Gasteiger partial charge on any atom is -0.395 e. The van der Waals surface area contributed by atoms with Gasteiger partial charge in [0.15, 0.2) is 0 Å². The summed E-state index contributed by atoms with van der Waals surface area (Å²) in [5, 5.41) is 7.77. The van der Waals surface area contributed by atoms with Crippen LogP contribution in [0.25, 0.3) is 0 Å². The summed E-state index contributed by atoms with van der Waals surface area (Å²) in [6.07, 6.45) is 3.99. The van der Waals surface area contributed by atoms with Crippen molar-refractivity contribution in [2.45, 2.75) is 44.9 Å². The van der Waals surface area contributed by atoms with Crippen LogP contribution in [0, 0.1) is 0 Å². The fourth-order valence-corrected chi connectivity index (χ4v) is 2.28. The number of allylic oxidation sites excluding steroid dienone is 1. The molecular formula is C13H24F5NO2S. The first-order valence-electron chi connectivity index (χ1n) is 7.11. The summed E-state index contributed by atoms with van der Waals surface area (Å²) in [5.74, 6) is -0.0622. The largest absolute Gasteiger partial charge is 0.395 e. The molecule has 0 aromatic heterocycles. The lowest BCUT2D eigenvalue weighted by molar-refractivity contribution is -0.130. The zero-order valence-electron chi connectivity index (χ0n) is 12.6. The smallest absolute Gasteiger partial charge is 0.304 e. The van der Waals surface area contributed by atoms with Crippen LogP contribution in [0.4, 0.5) is 19.4 Å². The first-order valence-corrected chi connectivity index (χ1v) is 9.12. The average molecular weight is 353 g/mol. The van der Waals surface area contributed by atoms with Gasteiger partial charge >= 0.3 is 10.2 Å². The van der Waals surface area contributed by atoms with Crippen LogP contribution in [0.1, 0.15) is 44.9 Å². The molecule has 9 heteroatoms. The highest BCUT2D eigenvalue weighted by atomic mass is 32.5. The Labute approximate surface area is 127 Å². The quantitative estimate of drug-likeness (QED) is 0.420. The van der Waals surface area contributed by atoms with Gasteiger partial charge in [-0.25, -0.2) is 0 Å². The number of hydrogen-bond donors (Lipinski definition) is 1. The molecule has 0 radical (unpaired) electrons. The molecular weight excluding hydrogens is 329 g/mol. The Balaban J connectivity index is 3.65. The van der Waals surface area contributed by atoms with Gasteiger partial charge in [0.05, 0.1) is 12.0 Å². The predicted octanol–water partition coefficient (Wildman–Crippen LogP) is 4.98. The van der Waals surface area contributed by atoms with E-state index in [4.69, 9.17) is 5.11 Å². The van der Waals surface area contributed by atoms with Gasteiger partial charge in [0.25, 0.3) is 0 Å². The van der Waals surface area contributed by atoms with E-state index in [1.54, 1.807) is 7.05 Å². The lowest BCUT2D eigenvalue weighted by Crippen LogP contribution is -2.29. The Morgan fingerprint density at radius 2 is 1.59 bits per heavy atom. The van der Waals surface area contributed by atoms with Crippen molar-refractivity contribution in [2.24, 2.45) is 0 Å². The number of aliphatic hydroxyl groups is 1. The fraction of sp³-hybridized carbons (Fsp3) is 0.769.